The van der Waals surface area contributed by atoms with Crippen LogP contribution in [0, 0.1) is 0 Å². The van der Waals surface area contributed by atoms with Crippen molar-refractivity contribution in [3.8, 4) is 0 Å². The van der Waals surface area contributed by atoms with Gasteiger partial charge in [0.05, 0.1) is 11.0 Å². The van der Waals surface area contributed by atoms with Gasteiger partial charge in [0.25, 0.3) is 5.91 Å². The number of aromatic amines is 1. The van der Waals surface area contributed by atoms with Gasteiger partial charge in [0.2, 0.25) is 5.95 Å². The number of rotatable bonds is 3. The Bertz CT molecular complexity index is 931. The second-order valence-corrected chi connectivity index (χ2v) is 7.32. The van der Waals surface area contributed by atoms with Gasteiger partial charge in [0.1, 0.15) is 5.82 Å². The van der Waals surface area contributed by atoms with Gasteiger partial charge in [-0.2, -0.15) is 0 Å². The molecule has 1 fully saturated rings. The summed E-state index contributed by atoms with van der Waals surface area (Å²) in [4.78, 5) is 28.8. The predicted octanol–water partition coefficient (Wildman–Crippen LogP) is 2.85. The summed E-state index contributed by atoms with van der Waals surface area (Å²) in [7, 11) is 2.08. The number of nitrogens with zero attached hydrogens (tertiary/aromatic N) is 4. The number of nitrogens with one attached hydrogen (secondary N) is 2. The largest absolute Gasteiger partial charge is 0.336 e. The molecule has 0 unspecified atom stereocenters. The van der Waals surface area contributed by atoms with Crippen molar-refractivity contribution >= 4 is 44.6 Å². The van der Waals surface area contributed by atoms with Gasteiger partial charge in [0, 0.05) is 42.4 Å². The molecule has 4 rings (SSSR count). The number of piperazine rings is 1. The second-order valence-electron chi connectivity index (χ2n) is 6.40. The van der Waals surface area contributed by atoms with Crippen LogP contribution in [-0.4, -0.2) is 63.9 Å². The standard InChI is InChI=1S/C18H19BrN6O/c1-24-6-8-25(9-7-24)17(26)12-2-4-14-15(10-12)22-18(21-14)23-16-5-3-13(19)11-20-16/h2-5,10-11H,6-9H2,1H3,(H2,20,21,22,23). The lowest BCUT2D eigenvalue weighted by atomic mass is 10.1. The third-order valence-corrected chi connectivity index (χ3v) is 4.96. The lowest BCUT2D eigenvalue weighted by Crippen LogP contribution is -2.47. The zero-order valence-electron chi connectivity index (χ0n) is 14.4. The zero-order chi connectivity index (χ0) is 18.1. The molecule has 1 aliphatic rings. The summed E-state index contributed by atoms with van der Waals surface area (Å²) >= 11 is 3.36. The van der Waals surface area contributed by atoms with Crippen molar-refractivity contribution in [3.63, 3.8) is 0 Å². The molecule has 134 valence electrons. The number of imidazole rings is 1. The number of benzene rings is 1. The van der Waals surface area contributed by atoms with Gasteiger partial charge in [-0.15, -0.1) is 0 Å². The number of fused-ring (bicyclic) bond motifs is 1. The SMILES string of the molecule is CN1CCN(C(=O)c2ccc3nc(Nc4ccc(Br)cn4)[nH]c3c2)CC1. The Morgan fingerprint density at radius 3 is 2.73 bits per heavy atom. The van der Waals surface area contributed by atoms with Crippen LogP contribution in [0.5, 0.6) is 0 Å². The van der Waals surface area contributed by atoms with Gasteiger partial charge in [0.15, 0.2) is 0 Å². The van der Waals surface area contributed by atoms with Crippen molar-refractivity contribution < 1.29 is 4.79 Å². The quantitative estimate of drug-likeness (QED) is 0.688. The maximum atomic E-state index is 12.7. The van der Waals surface area contributed by atoms with Crippen LogP contribution < -0.4 is 5.32 Å². The molecule has 0 atom stereocenters. The summed E-state index contributed by atoms with van der Waals surface area (Å²) in [6, 6.07) is 9.34. The summed E-state index contributed by atoms with van der Waals surface area (Å²) in [6.07, 6.45) is 1.72. The van der Waals surface area contributed by atoms with Gasteiger partial charge in [-0.05, 0) is 53.3 Å². The zero-order valence-corrected chi connectivity index (χ0v) is 16.0. The predicted molar refractivity (Wildman–Crippen MR) is 105 cm³/mol. The van der Waals surface area contributed by atoms with E-state index in [9.17, 15) is 4.79 Å². The van der Waals surface area contributed by atoms with Crippen molar-refractivity contribution in [2.24, 2.45) is 0 Å². The highest BCUT2D eigenvalue weighted by Gasteiger charge is 2.20. The fraction of sp³-hybridized carbons (Fsp3) is 0.278. The lowest BCUT2D eigenvalue weighted by Gasteiger charge is -2.32. The summed E-state index contributed by atoms with van der Waals surface area (Å²) in [5, 5.41) is 3.14. The molecule has 0 saturated carbocycles. The maximum absolute atomic E-state index is 12.7. The average molecular weight is 415 g/mol. The molecule has 0 bridgehead atoms. The van der Waals surface area contributed by atoms with Crippen LogP contribution >= 0.6 is 15.9 Å². The van der Waals surface area contributed by atoms with Gasteiger partial charge in [-0.25, -0.2) is 9.97 Å². The number of pyridine rings is 1. The van der Waals surface area contributed by atoms with Crippen molar-refractivity contribution in [1.29, 1.82) is 0 Å². The molecule has 1 amide bonds. The van der Waals surface area contributed by atoms with E-state index >= 15 is 0 Å². The normalized spacial score (nSPS) is 15.4. The molecular formula is C18H19BrN6O. The Balaban J connectivity index is 1.53. The van der Waals surface area contributed by atoms with Crippen molar-refractivity contribution in [2.75, 3.05) is 38.5 Å². The van der Waals surface area contributed by atoms with Crippen molar-refractivity contribution in [2.45, 2.75) is 0 Å². The highest BCUT2D eigenvalue weighted by atomic mass is 79.9. The highest BCUT2D eigenvalue weighted by Crippen LogP contribution is 2.20. The lowest BCUT2D eigenvalue weighted by molar-refractivity contribution is 0.0664. The molecule has 0 spiro atoms. The van der Waals surface area contributed by atoms with Gasteiger partial charge in [-0.1, -0.05) is 0 Å². The number of carbonyl (C=O) groups is 1. The van der Waals surface area contributed by atoms with Crippen LogP contribution in [-0.2, 0) is 0 Å². The molecule has 2 aromatic heterocycles. The first-order valence-corrected chi connectivity index (χ1v) is 9.24. The maximum Gasteiger partial charge on any atom is 0.254 e. The number of hydrogen-bond acceptors (Lipinski definition) is 5. The van der Waals surface area contributed by atoms with E-state index in [4.69, 9.17) is 0 Å². The number of H-pyrrole nitrogens is 1. The minimum absolute atomic E-state index is 0.0682. The first-order chi connectivity index (χ1) is 12.6. The smallest absolute Gasteiger partial charge is 0.254 e. The molecule has 0 aliphatic carbocycles. The van der Waals surface area contributed by atoms with E-state index in [2.05, 4.69) is 48.1 Å². The first-order valence-electron chi connectivity index (χ1n) is 8.45. The summed E-state index contributed by atoms with van der Waals surface area (Å²) < 4.78 is 0.916. The molecule has 1 saturated heterocycles. The minimum atomic E-state index is 0.0682. The second kappa shape index (κ2) is 7.05. The van der Waals surface area contributed by atoms with Crippen LogP contribution in [0.25, 0.3) is 11.0 Å². The number of anilines is 2. The fourth-order valence-electron chi connectivity index (χ4n) is 2.97. The van der Waals surface area contributed by atoms with Crippen molar-refractivity contribution in [1.82, 2.24) is 24.8 Å². The van der Waals surface area contributed by atoms with E-state index in [0.717, 1.165) is 41.7 Å². The molecular weight excluding hydrogens is 396 g/mol. The number of likely N-dealkylation sites (N-methyl/N-ethyl adjacent to an activating group) is 1. The summed E-state index contributed by atoms with van der Waals surface area (Å²) in [5.41, 5.74) is 2.31. The number of hydrogen-bond donors (Lipinski definition) is 2. The first kappa shape index (κ1) is 17.0. The van der Waals surface area contributed by atoms with E-state index < -0.39 is 0 Å². The van der Waals surface area contributed by atoms with Gasteiger partial charge >= 0.3 is 0 Å². The Morgan fingerprint density at radius 2 is 2.00 bits per heavy atom. The van der Waals surface area contributed by atoms with Crippen LogP contribution in [0.3, 0.4) is 0 Å². The molecule has 26 heavy (non-hydrogen) atoms. The van der Waals surface area contributed by atoms with Crippen LogP contribution in [0.2, 0.25) is 0 Å². The average Bonchev–Trinajstić information content (AvgIpc) is 3.05. The highest BCUT2D eigenvalue weighted by molar-refractivity contribution is 9.10. The molecule has 7 nitrogen and oxygen atoms in total. The molecule has 3 heterocycles. The van der Waals surface area contributed by atoms with E-state index in [0.29, 0.717) is 17.3 Å². The number of amides is 1. The van der Waals surface area contributed by atoms with E-state index in [-0.39, 0.29) is 5.91 Å². The van der Waals surface area contributed by atoms with E-state index in [1.54, 1.807) is 6.20 Å². The number of aromatic nitrogens is 3. The van der Waals surface area contributed by atoms with Gasteiger partial charge < -0.3 is 20.1 Å². The molecule has 2 N–H and O–H groups in total. The monoisotopic (exact) mass is 414 g/mol. The topological polar surface area (TPSA) is 77.2 Å². The Labute approximate surface area is 159 Å². The molecule has 1 aromatic carbocycles. The molecule has 8 heteroatoms. The van der Waals surface area contributed by atoms with Crippen molar-refractivity contribution in [3.05, 3.63) is 46.6 Å². The fourth-order valence-corrected chi connectivity index (χ4v) is 3.20. The molecule has 0 radical (unpaired) electrons. The van der Waals surface area contributed by atoms with E-state index in [1.165, 1.54) is 0 Å². The minimum Gasteiger partial charge on any atom is -0.336 e. The summed E-state index contributed by atoms with van der Waals surface area (Å²) in [5.74, 6) is 1.36. The van der Waals surface area contributed by atoms with Crippen LogP contribution in [0.15, 0.2) is 41.0 Å². The summed E-state index contributed by atoms with van der Waals surface area (Å²) in [6.45, 7) is 3.34. The third-order valence-electron chi connectivity index (χ3n) is 4.49. The Hall–Kier alpha value is -2.45. The number of carbonyl (C=O) groups excluding carboxylic acids is 1. The Kier molecular flexibility index (Phi) is 4.60. The van der Waals surface area contributed by atoms with Gasteiger partial charge in [-0.3, -0.25) is 4.79 Å². The van der Waals surface area contributed by atoms with E-state index in [1.807, 2.05) is 35.2 Å². The number of halogens is 1. The van der Waals surface area contributed by atoms with Crippen LogP contribution in [0.4, 0.5) is 11.8 Å². The third kappa shape index (κ3) is 3.56. The van der Waals surface area contributed by atoms with Crippen LogP contribution in [0.1, 0.15) is 10.4 Å². The Morgan fingerprint density at radius 1 is 1.19 bits per heavy atom. The molecule has 1 aliphatic heterocycles. The molecule has 3 aromatic rings.